The standard InChI is InChI=1S/C20H24N4O/c1-12(2)15-8-6-9-16(13(3)4)19(15)22-20(25)18-14(5)23-24-17(18)10-7-11-21-24/h6-13H,1-5H3,(H,22,25). The van der Waals surface area contributed by atoms with E-state index in [4.69, 9.17) is 0 Å². The van der Waals surface area contributed by atoms with Crippen LogP contribution in [0.5, 0.6) is 0 Å². The molecule has 0 bridgehead atoms. The van der Waals surface area contributed by atoms with Crippen LogP contribution in [-0.2, 0) is 0 Å². The summed E-state index contributed by atoms with van der Waals surface area (Å²) in [5, 5.41) is 11.7. The van der Waals surface area contributed by atoms with Crippen LogP contribution in [0, 0.1) is 6.92 Å². The van der Waals surface area contributed by atoms with Gasteiger partial charge in [-0.05, 0) is 42.0 Å². The minimum absolute atomic E-state index is 0.143. The third-order valence-electron chi connectivity index (χ3n) is 4.43. The molecule has 0 atom stereocenters. The first-order valence-electron chi connectivity index (χ1n) is 8.65. The van der Waals surface area contributed by atoms with Gasteiger partial charge in [0, 0.05) is 11.9 Å². The number of hydrogen-bond donors (Lipinski definition) is 1. The van der Waals surface area contributed by atoms with Crippen LogP contribution in [-0.4, -0.2) is 20.7 Å². The number of fused-ring (bicyclic) bond motifs is 1. The lowest BCUT2D eigenvalue weighted by molar-refractivity contribution is 0.102. The van der Waals surface area contributed by atoms with Crippen molar-refractivity contribution < 1.29 is 4.79 Å². The zero-order valence-electron chi connectivity index (χ0n) is 15.4. The van der Waals surface area contributed by atoms with Crippen LogP contribution in [0.4, 0.5) is 5.69 Å². The van der Waals surface area contributed by atoms with Crippen LogP contribution in [0.25, 0.3) is 5.52 Å². The molecule has 0 aliphatic carbocycles. The Hall–Kier alpha value is -2.69. The van der Waals surface area contributed by atoms with Gasteiger partial charge in [-0.3, -0.25) is 4.79 Å². The van der Waals surface area contributed by atoms with Gasteiger partial charge in [-0.2, -0.15) is 14.8 Å². The van der Waals surface area contributed by atoms with Gasteiger partial charge < -0.3 is 5.32 Å². The van der Waals surface area contributed by atoms with Crippen molar-refractivity contribution in [1.29, 1.82) is 0 Å². The Morgan fingerprint density at radius 2 is 1.68 bits per heavy atom. The van der Waals surface area contributed by atoms with Crippen molar-refractivity contribution in [3.63, 3.8) is 0 Å². The first-order valence-corrected chi connectivity index (χ1v) is 8.65. The van der Waals surface area contributed by atoms with E-state index in [0.29, 0.717) is 28.6 Å². The van der Waals surface area contributed by atoms with Gasteiger partial charge in [0.15, 0.2) is 0 Å². The first kappa shape index (κ1) is 17.1. The SMILES string of the molecule is Cc1nn2ncccc2c1C(=O)Nc1c(C(C)C)cccc1C(C)C. The molecule has 5 heteroatoms. The Morgan fingerprint density at radius 3 is 2.28 bits per heavy atom. The molecule has 0 aliphatic rings. The first-order chi connectivity index (χ1) is 11.9. The summed E-state index contributed by atoms with van der Waals surface area (Å²) in [6.45, 7) is 10.4. The molecule has 0 saturated carbocycles. The summed E-state index contributed by atoms with van der Waals surface area (Å²) in [5.41, 5.74) is 5.16. The van der Waals surface area contributed by atoms with E-state index in [0.717, 1.165) is 16.8 Å². The average molecular weight is 336 g/mol. The molecule has 5 nitrogen and oxygen atoms in total. The smallest absolute Gasteiger partial charge is 0.259 e. The van der Waals surface area contributed by atoms with Crippen molar-refractivity contribution in [1.82, 2.24) is 14.8 Å². The largest absolute Gasteiger partial charge is 0.321 e. The second-order valence-electron chi connectivity index (χ2n) is 6.93. The molecule has 25 heavy (non-hydrogen) atoms. The van der Waals surface area contributed by atoms with Gasteiger partial charge in [0.05, 0.1) is 11.3 Å². The number of anilines is 1. The quantitative estimate of drug-likeness (QED) is 0.761. The fourth-order valence-electron chi connectivity index (χ4n) is 3.16. The number of hydrogen-bond acceptors (Lipinski definition) is 3. The van der Waals surface area contributed by atoms with E-state index in [-0.39, 0.29) is 5.91 Å². The molecule has 2 heterocycles. The van der Waals surface area contributed by atoms with Crippen LogP contribution >= 0.6 is 0 Å². The summed E-state index contributed by atoms with van der Waals surface area (Å²) in [7, 11) is 0. The number of rotatable bonds is 4. The van der Waals surface area contributed by atoms with Crippen molar-refractivity contribution in [3.8, 4) is 0 Å². The number of para-hydroxylation sites is 1. The molecule has 0 fully saturated rings. The molecular formula is C20H24N4O. The third-order valence-corrected chi connectivity index (χ3v) is 4.43. The summed E-state index contributed by atoms with van der Waals surface area (Å²) in [5.74, 6) is 0.497. The molecular weight excluding hydrogens is 312 g/mol. The highest BCUT2D eigenvalue weighted by Gasteiger charge is 2.21. The molecule has 130 valence electrons. The minimum Gasteiger partial charge on any atom is -0.321 e. The van der Waals surface area contributed by atoms with Gasteiger partial charge in [-0.25, -0.2) is 0 Å². The molecule has 3 aromatic rings. The predicted molar refractivity (Wildman–Crippen MR) is 100 cm³/mol. The van der Waals surface area contributed by atoms with E-state index in [2.05, 4.69) is 61.4 Å². The van der Waals surface area contributed by atoms with Crippen LogP contribution < -0.4 is 5.32 Å². The Balaban J connectivity index is 2.08. The zero-order valence-corrected chi connectivity index (χ0v) is 15.4. The molecule has 0 radical (unpaired) electrons. The minimum atomic E-state index is -0.143. The Kier molecular flexibility index (Phi) is 4.57. The lowest BCUT2D eigenvalue weighted by Gasteiger charge is -2.20. The lowest BCUT2D eigenvalue weighted by atomic mass is 9.92. The number of benzene rings is 1. The van der Waals surface area contributed by atoms with Gasteiger partial charge in [0.1, 0.15) is 5.52 Å². The van der Waals surface area contributed by atoms with E-state index in [9.17, 15) is 4.79 Å². The summed E-state index contributed by atoms with van der Waals surface area (Å²) in [6, 6.07) is 9.90. The maximum absolute atomic E-state index is 13.1. The molecule has 1 aromatic carbocycles. The molecule has 2 aromatic heterocycles. The average Bonchev–Trinajstić information content (AvgIpc) is 2.90. The molecule has 1 amide bonds. The number of carbonyl (C=O) groups is 1. The normalized spacial score (nSPS) is 11.5. The number of amides is 1. The highest BCUT2D eigenvalue weighted by molar-refractivity contribution is 6.10. The topological polar surface area (TPSA) is 59.3 Å². The van der Waals surface area contributed by atoms with E-state index >= 15 is 0 Å². The molecule has 0 aliphatic heterocycles. The number of aromatic nitrogens is 3. The maximum Gasteiger partial charge on any atom is 0.259 e. The van der Waals surface area contributed by atoms with E-state index in [1.54, 1.807) is 6.20 Å². The fourth-order valence-corrected chi connectivity index (χ4v) is 3.16. The Bertz CT molecular complexity index is 898. The van der Waals surface area contributed by atoms with Crippen LogP contribution in [0.1, 0.15) is 66.7 Å². The fraction of sp³-hybridized carbons (Fsp3) is 0.350. The summed E-state index contributed by atoms with van der Waals surface area (Å²) < 4.78 is 1.50. The van der Waals surface area contributed by atoms with Crippen LogP contribution in [0.15, 0.2) is 36.5 Å². The van der Waals surface area contributed by atoms with Crippen molar-refractivity contribution >= 4 is 17.1 Å². The monoisotopic (exact) mass is 336 g/mol. The van der Waals surface area contributed by atoms with Crippen molar-refractivity contribution in [3.05, 3.63) is 58.9 Å². The van der Waals surface area contributed by atoms with Crippen molar-refractivity contribution in [2.24, 2.45) is 0 Å². The number of carbonyl (C=O) groups excluding carboxylic acids is 1. The molecule has 3 rings (SSSR count). The summed E-state index contributed by atoms with van der Waals surface area (Å²) in [4.78, 5) is 13.1. The van der Waals surface area contributed by atoms with Gasteiger partial charge in [0.2, 0.25) is 0 Å². The van der Waals surface area contributed by atoms with E-state index in [1.165, 1.54) is 4.63 Å². The highest BCUT2D eigenvalue weighted by Crippen LogP contribution is 2.33. The van der Waals surface area contributed by atoms with Gasteiger partial charge in [0.25, 0.3) is 5.91 Å². The Labute approximate surface area is 148 Å². The maximum atomic E-state index is 13.1. The summed E-state index contributed by atoms with van der Waals surface area (Å²) in [6.07, 6.45) is 1.66. The van der Waals surface area contributed by atoms with Gasteiger partial charge in [-0.15, -0.1) is 0 Å². The van der Waals surface area contributed by atoms with E-state index < -0.39 is 0 Å². The molecule has 0 spiro atoms. The molecule has 0 unspecified atom stereocenters. The zero-order chi connectivity index (χ0) is 18.1. The summed E-state index contributed by atoms with van der Waals surface area (Å²) >= 11 is 0. The lowest BCUT2D eigenvalue weighted by Crippen LogP contribution is -2.16. The van der Waals surface area contributed by atoms with Crippen LogP contribution in [0.3, 0.4) is 0 Å². The van der Waals surface area contributed by atoms with E-state index in [1.807, 2.05) is 19.1 Å². The number of aryl methyl sites for hydroxylation is 1. The number of nitrogens with zero attached hydrogens (tertiary/aromatic N) is 3. The van der Waals surface area contributed by atoms with Crippen molar-refractivity contribution in [2.75, 3.05) is 5.32 Å². The second-order valence-corrected chi connectivity index (χ2v) is 6.93. The predicted octanol–water partition coefficient (Wildman–Crippen LogP) is 4.54. The van der Waals surface area contributed by atoms with Gasteiger partial charge >= 0.3 is 0 Å². The van der Waals surface area contributed by atoms with Crippen LogP contribution in [0.2, 0.25) is 0 Å². The Morgan fingerprint density at radius 1 is 1.04 bits per heavy atom. The third kappa shape index (κ3) is 3.14. The number of nitrogens with one attached hydrogen (secondary N) is 1. The molecule has 1 N–H and O–H groups in total. The van der Waals surface area contributed by atoms with Gasteiger partial charge in [-0.1, -0.05) is 45.9 Å². The highest BCUT2D eigenvalue weighted by atomic mass is 16.1. The van der Waals surface area contributed by atoms with Crippen molar-refractivity contribution in [2.45, 2.75) is 46.5 Å². The molecule has 0 saturated heterocycles. The second kappa shape index (κ2) is 6.67.